The minimum atomic E-state index is -1.16. The Balaban J connectivity index is 1.41. The molecular weight excluding hydrogens is 598 g/mol. The summed E-state index contributed by atoms with van der Waals surface area (Å²) in [7, 11) is 1.60. The molecule has 10 heteroatoms. The summed E-state index contributed by atoms with van der Waals surface area (Å²) in [6, 6.07) is 15.6. The molecular formula is C37H45N3O7. The van der Waals surface area contributed by atoms with Gasteiger partial charge in [-0.1, -0.05) is 36.4 Å². The van der Waals surface area contributed by atoms with Gasteiger partial charge in [-0.2, -0.15) is 0 Å². The Morgan fingerprint density at radius 1 is 1.13 bits per heavy atom. The fourth-order valence-electron chi connectivity index (χ4n) is 6.54. The lowest BCUT2D eigenvalue weighted by Gasteiger charge is -2.51. The van der Waals surface area contributed by atoms with Crippen LogP contribution >= 0.6 is 0 Å². The highest BCUT2D eigenvalue weighted by atomic mass is 16.6. The molecule has 1 N–H and O–H groups in total. The van der Waals surface area contributed by atoms with Crippen LogP contribution in [0.5, 0.6) is 5.75 Å². The number of pyridine rings is 1. The average Bonchev–Trinajstić information content (AvgIpc) is 3.07. The van der Waals surface area contributed by atoms with Crippen LogP contribution in [0.3, 0.4) is 0 Å². The van der Waals surface area contributed by atoms with E-state index in [0.29, 0.717) is 17.6 Å². The molecule has 2 aromatic carbocycles. The van der Waals surface area contributed by atoms with Crippen LogP contribution in [0.2, 0.25) is 0 Å². The number of alkyl carbamates (subject to hydrolysis) is 1. The number of hydrogen-bond donors (Lipinski definition) is 1. The molecule has 3 aliphatic rings. The Morgan fingerprint density at radius 2 is 1.91 bits per heavy atom. The second-order valence-electron chi connectivity index (χ2n) is 13.3. The van der Waals surface area contributed by atoms with Gasteiger partial charge in [0.25, 0.3) is 0 Å². The smallest absolute Gasteiger partial charge is 0.408 e. The molecule has 0 saturated carbocycles. The summed E-state index contributed by atoms with van der Waals surface area (Å²) in [5, 5.41) is 3.48. The number of hydrogen-bond acceptors (Lipinski definition) is 9. The molecule has 1 aromatic heterocycles. The molecule has 10 nitrogen and oxygen atoms in total. The predicted octanol–water partition coefficient (Wildman–Crippen LogP) is 6.14. The highest BCUT2D eigenvalue weighted by molar-refractivity contribution is 5.86. The normalized spacial score (nSPS) is 21.7. The number of nitrogens with one attached hydrogen (secondary N) is 1. The Hall–Kier alpha value is -4.44. The molecule has 1 unspecified atom stereocenters. The third-order valence-electron chi connectivity index (χ3n) is 8.89. The van der Waals surface area contributed by atoms with E-state index >= 15 is 0 Å². The number of esters is 2. The number of ether oxygens (including phenoxy) is 4. The van der Waals surface area contributed by atoms with Gasteiger partial charge < -0.3 is 24.3 Å². The predicted molar refractivity (Wildman–Crippen MR) is 178 cm³/mol. The minimum Gasteiger partial charge on any atom is -0.497 e. The second-order valence-corrected chi connectivity index (χ2v) is 13.3. The first-order valence-corrected chi connectivity index (χ1v) is 16.2. The second kappa shape index (κ2) is 15.0. The molecule has 3 saturated heterocycles. The van der Waals surface area contributed by atoms with Gasteiger partial charge in [-0.3, -0.25) is 14.7 Å². The van der Waals surface area contributed by atoms with Crippen molar-refractivity contribution in [2.24, 2.45) is 11.8 Å². The maximum atomic E-state index is 14.1. The lowest BCUT2D eigenvalue weighted by atomic mass is 9.73. The van der Waals surface area contributed by atoms with E-state index in [1.807, 2.05) is 60.7 Å². The van der Waals surface area contributed by atoms with Crippen LogP contribution in [0, 0.1) is 11.8 Å². The number of rotatable bonds is 12. The molecule has 250 valence electrons. The van der Waals surface area contributed by atoms with Gasteiger partial charge in [-0.05, 0) is 88.2 Å². The van der Waals surface area contributed by atoms with E-state index in [1.54, 1.807) is 34.1 Å². The summed E-state index contributed by atoms with van der Waals surface area (Å²) in [6.45, 7) is 11.1. The van der Waals surface area contributed by atoms with Crippen molar-refractivity contribution >= 4 is 28.9 Å². The number of carbonyl (C=O) groups excluding carboxylic acids is 3. The molecule has 0 aliphatic carbocycles. The van der Waals surface area contributed by atoms with Gasteiger partial charge in [0.05, 0.1) is 18.7 Å². The first-order valence-electron chi connectivity index (χ1n) is 16.2. The highest BCUT2D eigenvalue weighted by Crippen LogP contribution is 2.44. The van der Waals surface area contributed by atoms with Crippen molar-refractivity contribution in [2.75, 3.05) is 20.2 Å². The van der Waals surface area contributed by atoms with Crippen molar-refractivity contribution in [3.8, 4) is 5.75 Å². The van der Waals surface area contributed by atoms with Crippen LogP contribution in [0.1, 0.15) is 63.7 Å². The summed E-state index contributed by atoms with van der Waals surface area (Å²) in [4.78, 5) is 46.7. The molecule has 3 aliphatic heterocycles. The maximum Gasteiger partial charge on any atom is 0.408 e. The average molecular weight is 644 g/mol. The van der Waals surface area contributed by atoms with E-state index in [1.165, 1.54) is 0 Å². The largest absolute Gasteiger partial charge is 0.497 e. The van der Waals surface area contributed by atoms with Crippen LogP contribution < -0.4 is 10.1 Å². The summed E-state index contributed by atoms with van der Waals surface area (Å²) in [6.07, 6.45) is 4.01. The number of carbonyl (C=O) groups is 3. The third kappa shape index (κ3) is 8.68. The summed E-state index contributed by atoms with van der Waals surface area (Å²) in [5.41, 5.74) is 1.60. The van der Waals surface area contributed by atoms with Gasteiger partial charge in [0, 0.05) is 30.1 Å². The lowest BCUT2D eigenvalue weighted by Crippen LogP contribution is -2.56. The standard InChI is InChI=1S/C37H45N3O7/c1-6-25-22-40-19-17-26(25)20-32(40)34(28-16-18-38-30-13-12-27(44-5)21-29(28)30)46-35(42)31(39-36(43)47-37(2,3)4)14-15-33(41)45-23-24-10-8-7-9-11-24/h6-13,16,18,21,25-26,31-32,34H,1,14-15,17,19-20,22-23H2,2-5H3,(H,39,43)/t25-,26-,31-,32-,34+/m0/s1. The van der Waals surface area contributed by atoms with Crippen LogP contribution in [-0.2, 0) is 30.4 Å². The van der Waals surface area contributed by atoms with Crippen molar-refractivity contribution < 1.29 is 33.3 Å². The summed E-state index contributed by atoms with van der Waals surface area (Å²) < 4.78 is 22.9. The van der Waals surface area contributed by atoms with E-state index in [-0.39, 0.29) is 25.5 Å². The minimum absolute atomic E-state index is 0.0289. The number of piperidine rings is 3. The quantitative estimate of drug-likeness (QED) is 0.141. The van der Waals surface area contributed by atoms with Crippen molar-refractivity contribution in [2.45, 2.75) is 76.9 Å². The number of amides is 1. The van der Waals surface area contributed by atoms with E-state index in [9.17, 15) is 14.4 Å². The first kappa shape index (κ1) is 33.9. The zero-order valence-corrected chi connectivity index (χ0v) is 27.6. The van der Waals surface area contributed by atoms with Gasteiger partial charge >= 0.3 is 18.0 Å². The molecule has 1 amide bonds. The van der Waals surface area contributed by atoms with E-state index in [0.717, 1.165) is 48.0 Å². The van der Waals surface area contributed by atoms with E-state index < -0.39 is 35.8 Å². The van der Waals surface area contributed by atoms with Crippen molar-refractivity contribution in [3.63, 3.8) is 0 Å². The molecule has 3 aromatic rings. The Morgan fingerprint density at radius 3 is 2.60 bits per heavy atom. The number of benzene rings is 2. The number of nitrogens with zero attached hydrogens (tertiary/aromatic N) is 2. The molecule has 0 radical (unpaired) electrons. The Bertz CT molecular complexity index is 1570. The molecule has 0 spiro atoms. The molecule has 3 fully saturated rings. The topological polar surface area (TPSA) is 116 Å². The van der Waals surface area contributed by atoms with Gasteiger partial charge in [0.15, 0.2) is 0 Å². The molecule has 6 rings (SSSR count). The SMILES string of the molecule is C=C[C@H]1CN2CC[C@H]1C[C@H]2[C@H](OC(=O)[C@H](CCC(=O)OCc1ccccc1)NC(=O)OC(C)(C)C)c1ccnc2ccc(OC)cc12. The summed E-state index contributed by atoms with van der Waals surface area (Å²) >= 11 is 0. The Kier molecular flexibility index (Phi) is 10.8. The fraction of sp³-hybridized carbons (Fsp3) is 0.459. The van der Waals surface area contributed by atoms with Crippen molar-refractivity contribution in [1.82, 2.24) is 15.2 Å². The summed E-state index contributed by atoms with van der Waals surface area (Å²) in [5.74, 6) is 0.295. The monoisotopic (exact) mass is 643 g/mol. The van der Waals surface area contributed by atoms with Crippen molar-refractivity contribution in [1.29, 1.82) is 0 Å². The number of aromatic nitrogens is 1. The Labute approximate surface area is 276 Å². The number of methoxy groups -OCH3 is 1. The maximum absolute atomic E-state index is 14.1. The molecule has 6 atom stereocenters. The van der Waals surface area contributed by atoms with Crippen LogP contribution in [0.15, 0.2) is 73.4 Å². The van der Waals surface area contributed by atoms with Gasteiger partial charge in [-0.25, -0.2) is 9.59 Å². The van der Waals surface area contributed by atoms with Crippen LogP contribution in [-0.4, -0.2) is 65.8 Å². The van der Waals surface area contributed by atoms with Crippen LogP contribution in [0.4, 0.5) is 4.79 Å². The zero-order chi connectivity index (χ0) is 33.6. The third-order valence-corrected chi connectivity index (χ3v) is 8.89. The molecule has 2 bridgehead atoms. The van der Waals surface area contributed by atoms with Crippen LogP contribution in [0.25, 0.3) is 10.9 Å². The van der Waals surface area contributed by atoms with E-state index in [4.69, 9.17) is 18.9 Å². The number of fused-ring (bicyclic) bond motifs is 4. The fourth-order valence-corrected chi connectivity index (χ4v) is 6.54. The first-order chi connectivity index (χ1) is 22.5. The zero-order valence-electron chi connectivity index (χ0n) is 27.6. The van der Waals surface area contributed by atoms with E-state index in [2.05, 4.69) is 21.8 Å². The van der Waals surface area contributed by atoms with Crippen molar-refractivity contribution in [3.05, 3.63) is 84.6 Å². The lowest BCUT2D eigenvalue weighted by molar-refractivity contribution is -0.160. The van der Waals surface area contributed by atoms with Gasteiger partial charge in [-0.15, -0.1) is 6.58 Å². The van der Waals surface area contributed by atoms with Gasteiger partial charge in [0.1, 0.15) is 30.1 Å². The van der Waals surface area contributed by atoms with Gasteiger partial charge in [0.2, 0.25) is 0 Å². The molecule has 47 heavy (non-hydrogen) atoms. The highest BCUT2D eigenvalue weighted by Gasteiger charge is 2.45. The molecule has 4 heterocycles.